The van der Waals surface area contributed by atoms with E-state index in [2.05, 4.69) is 73.1 Å². The normalized spacial score (nSPS) is 15.8. The predicted molar refractivity (Wildman–Crippen MR) is 92.3 cm³/mol. The molecule has 3 atom stereocenters. The molecule has 0 saturated carbocycles. The predicted octanol–water partition coefficient (Wildman–Crippen LogP) is 5.65. The topological polar surface area (TPSA) is 26.0 Å². The van der Waals surface area contributed by atoms with Gasteiger partial charge in [-0.05, 0) is 40.4 Å². The van der Waals surface area contributed by atoms with Gasteiger partial charge in [0, 0.05) is 26.2 Å². The molecule has 0 amide bonds. The molecule has 3 unspecified atom stereocenters. The third-order valence-corrected chi connectivity index (χ3v) is 6.04. The Bertz CT molecular complexity index is 549. The quantitative estimate of drug-likeness (QED) is 0.739. The summed E-state index contributed by atoms with van der Waals surface area (Å²) in [6, 6.07) is 12.9. The van der Waals surface area contributed by atoms with E-state index >= 15 is 0 Å². The van der Waals surface area contributed by atoms with E-state index in [9.17, 15) is 0 Å². The fourth-order valence-electron chi connectivity index (χ4n) is 2.71. The van der Waals surface area contributed by atoms with Crippen molar-refractivity contribution in [2.45, 2.75) is 39.2 Å². The molecular weight excluding hydrogens is 330 g/mol. The molecule has 1 aromatic carbocycles. The molecule has 20 heavy (non-hydrogen) atoms. The van der Waals surface area contributed by atoms with E-state index in [1.165, 1.54) is 15.3 Å². The summed E-state index contributed by atoms with van der Waals surface area (Å²) in [5.41, 5.74) is 7.98. The minimum atomic E-state index is 0.0421. The summed E-state index contributed by atoms with van der Waals surface area (Å²) < 4.78 is 1.15. The number of hydrogen-bond donors (Lipinski definition) is 1. The third-order valence-electron chi connectivity index (χ3n) is 3.97. The summed E-state index contributed by atoms with van der Waals surface area (Å²) in [7, 11) is 0. The van der Waals surface area contributed by atoms with Gasteiger partial charge < -0.3 is 5.73 Å². The maximum Gasteiger partial charge on any atom is 0.0473 e. The molecule has 1 nitrogen and oxygen atoms in total. The average molecular weight is 352 g/mol. The molecule has 0 fully saturated rings. The van der Waals surface area contributed by atoms with Gasteiger partial charge in [-0.1, -0.05) is 50.6 Å². The van der Waals surface area contributed by atoms with Crippen molar-refractivity contribution in [1.82, 2.24) is 0 Å². The number of rotatable bonds is 5. The molecule has 1 heterocycles. The maximum absolute atomic E-state index is 6.64. The Morgan fingerprint density at radius 2 is 1.90 bits per heavy atom. The Morgan fingerprint density at radius 3 is 2.40 bits per heavy atom. The van der Waals surface area contributed by atoms with Crippen LogP contribution in [-0.4, -0.2) is 0 Å². The van der Waals surface area contributed by atoms with E-state index in [0.29, 0.717) is 11.8 Å². The lowest BCUT2D eigenvalue weighted by molar-refractivity contribution is 0.390. The van der Waals surface area contributed by atoms with Gasteiger partial charge >= 0.3 is 0 Å². The van der Waals surface area contributed by atoms with Crippen molar-refractivity contribution >= 4 is 27.3 Å². The van der Waals surface area contributed by atoms with Crippen molar-refractivity contribution in [2.75, 3.05) is 0 Å². The smallest absolute Gasteiger partial charge is 0.0473 e. The van der Waals surface area contributed by atoms with Crippen LogP contribution >= 0.6 is 27.3 Å². The van der Waals surface area contributed by atoms with Crippen LogP contribution in [0.4, 0.5) is 0 Å². The van der Waals surface area contributed by atoms with Crippen LogP contribution in [0.5, 0.6) is 0 Å². The van der Waals surface area contributed by atoms with Gasteiger partial charge in [-0.3, -0.25) is 0 Å². The fourth-order valence-corrected chi connectivity index (χ4v) is 4.68. The molecule has 1 aromatic heterocycles. The molecule has 0 aliphatic rings. The van der Waals surface area contributed by atoms with Gasteiger partial charge in [0.15, 0.2) is 0 Å². The minimum Gasteiger partial charge on any atom is -0.323 e. The SMILES string of the molecule is CCC(C)C(c1ccccc1)C(N)c1sc(C)cc1Br. The molecule has 2 aromatic rings. The van der Waals surface area contributed by atoms with Gasteiger partial charge in [0.2, 0.25) is 0 Å². The highest BCUT2D eigenvalue weighted by Gasteiger charge is 2.28. The number of aryl methyl sites for hydroxylation is 1. The van der Waals surface area contributed by atoms with Crippen LogP contribution < -0.4 is 5.73 Å². The Hall–Kier alpha value is -0.640. The third kappa shape index (κ3) is 3.33. The standard InChI is InChI=1S/C17H22BrNS/c1-4-11(2)15(13-8-6-5-7-9-13)16(19)17-14(18)10-12(3)20-17/h5-11,15-16H,4,19H2,1-3H3. The molecule has 2 N–H and O–H groups in total. The molecule has 0 aliphatic heterocycles. The Morgan fingerprint density at radius 1 is 1.25 bits per heavy atom. The van der Waals surface area contributed by atoms with Crippen molar-refractivity contribution in [1.29, 1.82) is 0 Å². The van der Waals surface area contributed by atoms with Crippen molar-refractivity contribution in [2.24, 2.45) is 11.7 Å². The van der Waals surface area contributed by atoms with E-state index in [0.717, 1.165) is 10.9 Å². The maximum atomic E-state index is 6.64. The second-order valence-electron chi connectivity index (χ2n) is 5.42. The molecule has 0 radical (unpaired) electrons. The van der Waals surface area contributed by atoms with Crippen molar-refractivity contribution in [3.05, 3.63) is 56.2 Å². The lowest BCUT2D eigenvalue weighted by Gasteiger charge is -2.29. The second kappa shape index (κ2) is 6.88. The van der Waals surface area contributed by atoms with E-state index in [-0.39, 0.29) is 6.04 Å². The molecule has 0 aliphatic carbocycles. The van der Waals surface area contributed by atoms with Crippen LogP contribution in [0.25, 0.3) is 0 Å². The van der Waals surface area contributed by atoms with Crippen LogP contribution in [0.3, 0.4) is 0 Å². The first-order valence-electron chi connectivity index (χ1n) is 7.11. The van der Waals surface area contributed by atoms with E-state index in [4.69, 9.17) is 5.73 Å². The highest BCUT2D eigenvalue weighted by Crippen LogP contribution is 2.42. The number of benzene rings is 1. The molecule has 2 rings (SSSR count). The summed E-state index contributed by atoms with van der Waals surface area (Å²) in [6.45, 7) is 6.67. The Balaban J connectivity index is 2.39. The van der Waals surface area contributed by atoms with Crippen LogP contribution in [0.15, 0.2) is 40.9 Å². The zero-order valence-corrected chi connectivity index (χ0v) is 14.7. The molecular formula is C17H22BrNS. The van der Waals surface area contributed by atoms with Crippen molar-refractivity contribution < 1.29 is 0 Å². The summed E-state index contributed by atoms with van der Waals surface area (Å²) in [6.07, 6.45) is 1.13. The zero-order valence-electron chi connectivity index (χ0n) is 12.3. The Kier molecular flexibility index (Phi) is 5.42. The van der Waals surface area contributed by atoms with Gasteiger partial charge in [0.1, 0.15) is 0 Å². The molecule has 0 spiro atoms. The van der Waals surface area contributed by atoms with Gasteiger partial charge in [-0.15, -0.1) is 11.3 Å². The highest BCUT2D eigenvalue weighted by molar-refractivity contribution is 9.10. The summed E-state index contributed by atoms with van der Waals surface area (Å²) >= 11 is 5.46. The monoisotopic (exact) mass is 351 g/mol. The highest BCUT2D eigenvalue weighted by atomic mass is 79.9. The fraction of sp³-hybridized carbons (Fsp3) is 0.412. The van der Waals surface area contributed by atoms with Crippen LogP contribution in [0, 0.1) is 12.8 Å². The summed E-state index contributed by atoms with van der Waals surface area (Å²) in [4.78, 5) is 2.56. The molecule has 3 heteroatoms. The average Bonchev–Trinajstić information content (AvgIpc) is 2.79. The summed E-state index contributed by atoms with van der Waals surface area (Å²) in [5, 5.41) is 0. The lowest BCUT2D eigenvalue weighted by atomic mass is 9.80. The minimum absolute atomic E-state index is 0.0421. The Labute approximate surface area is 134 Å². The first-order valence-corrected chi connectivity index (χ1v) is 8.71. The summed E-state index contributed by atoms with van der Waals surface area (Å²) in [5.74, 6) is 0.914. The molecule has 108 valence electrons. The van der Waals surface area contributed by atoms with E-state index < -0.39 is 0 Å². The van der Waals surface area contributed by atoms with Crippen molar-refractivity contribution in [3.63, 3.8) is 0 Å². The zero-order chi connectivity index (χ0) is 14.7. The van der Waals surface area contributed by atoms with Crippen LogP contribution in [0.1, 0.15) is 47.5 Å². The van der Waals surface area contributed by atoms with Crippen molar-refractivity contribution in [3.8, 4) is 0 Å². The molecule has 0 bridgehead atoms. The number of hydrogen-bond acceptors (Lipinski definition) is 2. The number of nitrogens with two attached hydrogens (primary N) is 1. The number of halogens is 1. The second-order valence-corrected chi connectivity index (χ2v) is 7.56. The van der Waals surface area contributed by atoms with E-state index in [1.54, 1.807) is 11.3 Å². The van der Waals surface area contributed by atoms with E-state index in [1.807, 2.05) is 0 Å². The van der Waals surface area contributed by atoms with Crippen LogP contribution in [-0.2, 0) is 0 Å². The van der Waals surface area contributed by atoms with Gasteiger partial charge in [0.05, 0.1) is 0 Å². The first-order chi connectivity index (χ1) is 9.54. The largest absolute Gasteiger partial charge is 0.323 e. The van der Waals surface area contributed by atoms with Gasteiger partial charge in [0.25, 0.3) is 0 Å². The van der Waals surface area contributed by atoms with Gasteiger partial charge in [-0.25, -0.2) is 0 Å². The number of thiophene rings is 1. The van der Waals surface area contributed by atoms with Gasteiger partial charge in [-0.2, -0.15) is 0 Å². The van der Waals surface area contributed by atoms with Crippen LogP contribution in [0.2, 0.25) is 0 Å². The molecule has 0 saturated heterocycles. The first kappa shape index (κ1) is 15.7. The lowest BCUT2D eigenvalue weighted by Crippen LogP contribution is -2.24.